The molecule has 0 aliphatic carbocycles. The van der Waals surface area contributed by atoms with Crippen LogP contribution in [0.4, 0.5) is 10.5 Å². The summed E-state index contributed by atoms with van der Waals surface area (Å²) in [6, 6.07) is 6.14. The van der Waals surface area contributed by atoms with Gasteiger partial charge in [-0.25, -0.2) is 14.6 Å². The number of imidazole rings is 1. The van der Waals surface area contributed by atoms with E-state index in [0.717, 1.165) is 5.69 Å². The Hall–Kier alpha value is -2.83. The average molecular weight is 288 g/mol. The van der Waals surface area contributed by atoms with Crippen LogP contribution in [-0.4, -0.2) is 28.6 Å². The molecule has 7 nitrogen and oxygen atoms in total. The number of rotatable bonds is 5. The molecule has 0 saturated carbocycles. The normalized spacial score (nSPS) is 9.95. The van der Waals surface area contributed by atoms with Crippen molar-refractivity contribution in [2.24, 2.45) is 0 Å². The van der Waals surface area contributed by atoms with Crippen LogP contribution in [0, 0.1) is 0 Å². The van der Waals surface area contributed by atoms with Gasteiger partial charge in [-0.2, -0.15) is 0 Å². The van der Waals surface area contributed by atoms with Gasteiger partial charge in [0, 0.05) is 11.9 Å². The highest BCUT2D eigenvalue weighted by Crippen LogP contribution is 2.10. The van der Waals surface area contributed by atoms with Crippen LogP contribution >= 0.6 is 0 Å². The number of urea groups is 1. The number of H-pyrrole nitrogens is 1. The molecule has 0 spiro atoms. The highest BCUT2D eigenvalue weighted by atomic mass is 16.5. The Kier molecular flexibility index (Phi) is 4.92. The van der Waals surface area contributed by atoms with Gasteiger partial charge in [-0.15, -0.1) is 0 Å². The summed E-state index contributed by atoms with van der Waals surface area (Å²) in [7, 11) is 0. The smallest absolute Gasteiger partial charge is 0.338 e. The van der Waals surface area contributed by atoms with Gasteiger partial charge >= 0.3 is 12.0 Å². The fourth-order valence-electron chi connectivity index (χ4n) is 1.64. The first-order chi connectivity index (χ1) is 10.2. The van der Waals surface area contributed by atoms with Gasteiger partial charge in [-0.1, -0.05) is 0 Å². The highest BCUT2D eigenvalue weighted by Gasteiger charge is 2.07. The Morgan fingerprint density at radius 2 is 2.05 bits per heavy atom. The summed E-state index contributed by atoms with van der Waals surface area (Å²) in [5, 5.41) is 5.34. The zero-order valence-corrected chi connectivity index (χ0v) is 11.6. The van der Waals surface area contributed by atoms with E-state index >= 15 is 0 Å². The third-order valence-corrected chi connectivity index (χ3v) is 2.65. The van der Waals surface area contributed by atoms with Crippen molar-refractivity contribution >= 4 is 17.7 Å². The first-order valence-electron chi connectivity index (χ1n) is 6.48. The maximum absolute atomic E-state index is 11.7. The van der Waals surface area contributed by atoms with Crippen molar-refractivity contribution < 1.29 is 14.3 Å². The van der Waals surface area contributed by atoms with Gasteiger partial charge < -0.3 is 20.4 Å². The number of amides is 2. The van der Waals surface area contributed by atoms with Gasteiger partial charge in [-0.05, 0) is 31.2 Å². The number of ether oxygens (including phenoxy) is 1. The predicted molar refractivity (Wildman–Crippen MR) is 76.8 cm³/mol. The topological polar surface area (TPSA) is 96.1 Å². The molecule has 2 rings (SSSR count). The Balaban J connectivity index is 1.85. The molecule has 0 fully saturated rings. The van der Waals surface area contributed by atoms with Crippen LogP contribution in [0.15, 0.2) is 36.8 Å². The maximum atomic E-state index is 11.7. The van der Waals surface area contributed by atoms with E-state index in [1.807, 2.05) is 0 Å². The molecule has 0 aliphatic heterocycles. The second-order valence-corrected chi connectivity index (χ2v) is 4.18. The molecule has 1 aromatic carbocycles. The largest absolute Gasteiger partial charge is 0.462 e. The predicted octanol–water partition coefficient (Wildman–Crippen LogP) is 1.91. The van der Waals surface area contributed by atoms with Crippen LogP contribution in [0.25, 0.3) is 0 Å². The van der Waals surface area contributed by atoms with E-state index in [9.17, 15) is 9.59 Å². The van der Waals surface area contributed by atoms with E-state index in [1.165, 1.54) is 0 Å². The Morgan fingerprint density at radius 1 is 1.29 bits per heavy atom. The number of anilines is 1. The second kappa shape index (κ2) is 7.09. The summed E-state index contributed by atoms with van der Waals surface area (Å²) in [6.07, 6.45) is 3.18. The Morgan fingerprint density at radius 3 is 2.67 bits per heavy atom. The van der Waals surface area contributed by atoms with E-state index in [-0.39, 0.29) is 12.0 Å². The molecule has 1 aromatic heterocycles. The minimum atomic E-state index is -0.382. The molecule has 0 bridgehead atoms. The third-order valence-electron chi connectivity index (χ3n) is 2.65. The molecule has 1 heterocycles. The molecule has 2 amide bonds. The Bertz CT molecular complexity index is 593. The summed E-state index contributed by atoms with van der Waals surface area (Å²) in [5.41, 5.74) is 1.84. The van der Waals surface area contributed by atoms with E-state index in [0.29, 0.717) is 24.4 Å². The number of nitrogens with one attached hydrogen (secondary N) is 3. The van der Waals surface area contributed by atoms with Crippen LogP contribution in [0.5, 0.6) is 0 Å². The maximum Gasteiger partial charge on any atom is 0.338 e. The van der Waals surface area contributed by atoms with Crippen LogP contribution < -0.4 is 10.6 Å². The number of carbonyl (C=O) groups excluding carboxylic acids is 2. The monoisotopic (exact) mass is 288 g/mol. The first-order valence-corrected chi connectivity index (χ1v) is 6.48. The average Bonchev–Trinajstić information content (AvgIpc) is 2.99. The lowest BCUT2D eigenvalue weighted by Crippen LogP contribution is -2.28. The number of carbonyl (C=O) groups is 2. The summed E-state index contributed by atoms with van der Waals surface area (Å²) in [5.74, 6) is -0.382. The van der Waals surface area contributed by atoms with Crippen molar-refractivity contribution in [1.29, 1.82) is 0 Å². The van der Waals surface area contributed by atoms with Gasteiger partial charge in [0.15, 0.2) is 0 Å². The van der Waals surface area contributed by atoms with Crippen molar-refractivity contribution in [2.75, 3.05) is 11.9 Å². The zero-order valence-electron chi connectivity index (χ0n) is 11.6. The van der Waals surface area contributed by atoms with Crippen molar-refractivity contribution in [2.45, 2.75) is 13.5 Å². The molecule has 0 atom stereocenters. The molecule has 110 valence electrons. The molecular formula is C14H16N4O3. The first kappa shape index (κ1) is 14.6. The minimum Gasteiger partial charge on any atom is -0.462 e. The lowest BCUT2D eigenvalue weighted by Gasteiger charge is -2.07. The molecule has 2 aromatic rings. The number of aromatic amines is 1. The van der Waals surface area contributed by atoms with E-state index in [1.54, 1.807) is 43.7 Å². The van der Waals surface area contributed by atoms with Gasteiger partial charge in [0.25, 0.3) is 0 Å². The number of nitrogens with zero attached hydrogens (tertiary/aromatic N) is 1. The van der Waals surface area contributed by atoms with Crippen molar-refractivity contribution in [3.8, 4) is 0 Å². The SMILES string of the molecule is CCOC(=O)c1ccc(NC(=O)NCc2cnc[nH]2)cc1. The standard InChI is InChI=1S/C14H16N4O3/c1-2-21-13(19)10-3-5-11(6-4-10)18-14(20)16-8-12-7-15-9-17-12/h3-7,9H,2,8H2,1H3,(H,15,17)(H2,16,18,20). The van der Waals surface area contributed by atoms with Crippen LogP contribution in [0.2, 0.25) is 0 Å². The fourth-order valence-corrected chi connectivity index (χ4v) is 1.64. The lowest BCUT2D eigenvalue weighted by molar-refractivity contribution is 0.0526. The van der Waals surface area contributed by atoms with E-state index in [4.69, 9.17) is 4.74 Å². The quantitative estimate of drug-likeness (QED) is 0.732. The van der Waals surface area contributed by atoms with Gasteiger partial charge in [-0.3, -0.25) is 0 Å². The van der Waals surface area contributed by atoms with Gasteiger partial charge in [0.05, 0.1) is 30.7 Å². The van der Waals surface area contributed by atoms with Crippen LogP contribution in [0.3, 0.4) is 0 Å². The van der Waals surface area contributed by atoms with Crippen molar-refractivity contribution in [3.63, 3.8) is 0 Å². The zero-order chi connectivity index (χ0) is 15.1. The molecule has 0 aliphatic rings. The summed E-state index contributed by atoms with van der Waals surface area (Å²) in [4.78, 5) is 29.9. The van der Waals surface area contributed by atoms with Gasteiger partial charge in [0.1, 0.15) is 0 Å². The molecule has 0 unspecified atom stereocenters. The number of aromatic nitrogens is 2. The number of benzene rings is 1. The Labute approximate surface area is 121 Å². The fraction of sp³-hybridized carbons (Fsp3) is 0.214. The minimum absolute atomic E-state index is 0.328. The number of hydrogen-bond acceptors (Lipinski definition) is 4. The number of esters is 1. The third kappa shape index (κ3) is 4.34. The highest BCUT2D eigenvalue weighted by molar-refractivity contribution is 5.92. The molecule has 0 saturated heterocycles. The van der Waals surface area contributed by atoms with E-state index < -0.39 is 0 Å². The summed E-state index contributed by atoms with van der Waals surface area (Å²) >= 11 is 0. The molecule has 21 heavy (non-hydrogen) atoms. The van der Waals surface area contributed by atoms with Gasteiger partial charge in [0.2, 0.25) is 0 Å². The van der Waals surface area contributed by atoms with Crippen LogP contribution in [-0.2, 0) is 11.3 Å². The number of hydrogen-bond donors (Lipinski definition) is 3. The molecular weight excluding hydrogens is 272 g/mol. The van der Waals surface area contributed by atoms with Crippen molar-refractivity contribution in [1.82, 2.24) is 15.3 Å². The summed E-state index contributed by atoms with van der Waals surface area (Å²) in [6.45, 7) is 2.43. The molecule has 7 heteroatoms. The van der Waals surface area contributed by atoms with E-state index in [2.05, 4.69) is 20.6 Å². The second-order valence-electron chi connectivity index (χ2n) is 4.18. The summed E-state index contributed by atoms with van der Waals surface area (Å²) < 4.78 is 4.88. The molecule has 3 N–H and O–H groups in total. The molecule has 0 radical (unpaired) electrons. The lowest BCUT2D eigenvalue weighted by atomic mass is 10.2. The van der Waals surface area contributed by atoms with Crippen molar-refractivity contribution in [3.05, 3.63) is 48.0 Å². The van der Waals surface area contributed by atoms with Crippen LogP contribution in [0.1, 0.15) is 23.0 Å².